The fourth-order valence-electron chi connectivity index (χ4n) is 3.23. The van der Waals surface area contributed by atoms with Gasteiger partial charge in [-0.2, -0.15) is 5.10 Å². The number of amides is 1. The van der Waals surface area contributed by atoms with E-state index in [4.69, 9.17) is 9.26 Å². The second-order valence-corrected chi connectivity index (χ2v) is 6.39. The molecule has 25 heavy (non-hydrogen) atoms. The zero-order valence-corrected chi connectivity index (χ0v) is 14.3. The van der Waals surface area contributed by atoms with E-state index in [1.54, 1.807) is 4.90 Å². The van der Waals surface area contributed by atoms with Crippen LogP contribution in [0.3, 0.4) is 0 Å². The van der Waals surface area contributed by atoms with Gasteiger partial charge in [0.1, 0.15) is 5.76 Å². The van der Waals surface area contributed by atoms with Crippen LogP contribution in [0.4, 0.5) is 0 Å². The minimum Gasteiger partial charge on any atom is -0.371 e. The number of nitrogens with zero attached hydrogens (tertiary/aromatic N) is 3. The number of ether oxygens (including phenoxy) is 1. The molecule has 1 saturated heterocycles. The smallest absolute Gasteiger partial charge is 0.275 e. The van der Waals surface area contributed by atoms with Crippen molar-refractivity contribution in [1.82, 2.24) is 20.3 Å². The number of aromatic amines is 1. The van der Waals surface area contributed by atoms with Crippen molar-refractivity contribution >= 4 is 16.8 Å². The Balaban J connectivity index is 1.41. The molecule has 1 aliphatic heterocycles. The predicted molar refractivity (Wildman–Crippen MR) is 91.2 cm³/mol. The molecule has 3 aromatic rings. The minimum absolute atomic E-state index is 0.0165. The molecule has 7 nitrogen and oxygen atoms in total. The lowest BCUT2D eigenvalue weighted by atomic mass is 10.2. The van der Waals surface area contributed by atoms with Crippen molar-refractivity contribution in [3.63, 3.8) is 0 Å². The number of rotatable bonds is 4. The van der Waals surface area contributed by atoms with Crippen molar-refractivity contribution in [1.29, 1.82) is 0 Å². The lowest BCUT2D eigenvalue weighted by Crippen LogP contribution is -2.30. The number of carbonyl (C=O) groups is 1. The molecule has 4 rings (SSSR count). The maximum Gasteiger partial charge on any atom is 0.275 e. The molecule has 0 radical (unpaired) electrons. The number of carbonyl (C=O) groups excluding carboxylic acids is 1. The highest BCUT2D eigenvalue weighted by atomic mass is 16.5. The van der Waals surface area contributed by atoms with Crippen LogP contribution >= 0.6 is 0 Å². The third-order valence-electron chi connectivity index (χ3n) is 4.75. The Morgan fingerprint density at radius 2 is 2.24 bits per heavy atom. The Hall–Kier alpha value is -2.67. The first-order valence-electron chi connectivity index (χ1n) is 8.39. The van der Waals surface area contributed by atoms with Crippen LogP contribution in [0.2, 0.25) is 0 Å². The van der Waals surface area contributed by atoms with Gasteiger partial charge in [0.15, 0.2) is 5.69 Å². The standard InChI is InChI=1S/C18H20N4O3/c1-11-15(12(2)25-21-11)10-24-13-7-8-22(9-13)18(23)17-14-5-3-4-6-16(14)19-20-17/h3-6,13H,7-10H2,1-2H3,(H,19,20). The molecule has 1 aliphatic rings. The molecule has 0 spiro atoms. The Bertz CT molecular complexity index is 895. The third-order valence-corrected chi connectivity index (χ3v) is 4.75. The van der Waals surface area contributed by atoms with Crippen LogP contribution in [0, 0.1) is 13.8 Å². The quantitative estimate of drug-likeness (QED) is 0.789. The van der Waals surface area contributed by atoms with Gasteiger partial charge in [-0.05, 0) is 26.3 Å². The molecule has 3 heterocycles. The molecule has 1 fully saturated rings. The molecular formula is C18H20N4O3. The van der Waals surface area contributed by atoms with E-state index >= 15 is 0 Å². The number of benzene rings is 1. The van der Waals surface area contributed by atoms with Crippen molar-refractivity contribution in [3.8, 4) is 0 Å². The van der Waals surface area contributed by atoms with Gasteiger partial charge < -0.3 is 14.2 Å². The lowest BCUT2D eigenvalue weighted by Gasteiger charge is -2.15. The number of hydrogen-bond acceptors (Lipinski definition) is 5. The van der Waals surface area contributed by atoms with E-state index in [-0.39, 0.29) is 12.0 Å². The highest BCUT2D eigenvalue weighted by Crippen LogP contribution is 2.22. The SMILES string of the molecule is Cc1noc(C)c1COC1CCN(C(=O)c2n[nH]c3ccccc23)C1. The highest BCUT2D eigenvalue weighted by molar-refractivity contribution is 6.04. The van der Waals surface area contributed by atoms with E-state index in [0.29, 0.717) is 25.4 Å². The molecule has 2 aromatic heterocycles. The zero-order valence-electron chi connectivity index (χ0n) is 14.3. The van der Waals surface area contributed by atoms with Crippen LogP contribution in [-0.2, 0) is 11.3 Å². The molecule has 0 saturated carbocycles. The van der Waals surface area contributed by atoms with E-state index in [1.807, 2.05) is 38.1 Å². The number of aromatic nitrogens is 3. The second-order valence-electron chi connectivity index (χ2n) is 6.39. The van der Waals surface area contributed by atoms with E-state index in [0.717, 1.165) is 34.3 Å². The topological polar surface area (TPSA) is 84.2 Å². The van der Waals surface area contributed by atoms with Crippen LogP contribution < -0.4 is 0 Å². The summed E-state index contributed by atoms with van der Waals surface area (Å²) in [5, 5.41) is 11.9. The van der Waals surface area contributed by atoms with E-state index < -0.39 is 0 Å². The number of H-pyrrole nitrogens is 1. The fraction of sp³-hybridized carbons (Fsp3) is 0.389. The predicted octanol–water partition coefficient (Wildman–Crippen LogP) is 2.60. The summed E-state index contributed by atoms with van der Waals surface area (Å²) in [7, 11) is 0. The van der Waals surface area contributed by atoms with Gasteiger partial charge in [-0.25, -0.2) is 0 Å². The summed E-state index contributed by atoms with van der Waals surface area (Å²) >= 11 is 0. The van der Waals surface area contributed by atoms with Gasteiger partial charge in [-0.15, -0.1) is 0 Å². The summed E-state index contributed by atoms with van der Waals surface area (Å²) in [4.78, 5) is 14.6. The maximum absolute atomic E-state index is 12.8. The third kappa shape index (κ3) is 2.91. The fourth-order valence-corrected chi connectivity index (χ4v) is 3.23. The largest absolute Gasteiger partial charge is 0.371 e. The van der Waals surface area contributed by atoms with E-state index in [1.165, 1.54) is 0 Å². The number of aryl methyl sites for hydroxylation is 2. The normalized spacial score (nSPS) is 17.5. The van der Waals surface area contributed by atoms with Crippen molar-refractivity contribution in [3.05, 3.63) is 47.0 Å². The van der Waals surface area contributed by atoms with Gasteiger partial charge in [0, 0.05) is 24.0 Å². The summed E-state index contributed by atoms with van der Waals surface area (Å²) in [6.45, 7) is 5.49. The highest BCUT2D eigenvalue weighted by Gasteiger charge is 2.30. The first kappa shape index (κ1) is 15.8. The summed E-state index contributed by atoms with van der Waals surface area (Å²) in [6, 6.07) is 7.66. The lowest BCUT2D eigenvalue weighted by molar-refractivity contribution is 0.0429. The van der Waals surface area contributed by atoms with Crippen molar-refractivity contribution in [2.45, 2.75) is 33.0 Å². The van der Waals surface area contributed by atoms with Gasteiger partial charge in [-0.1, -0.05) is 23.4 Å². The minimum atomic E-state index is -0.0547. The average Bonchev–Trinajstić information content (AvgIpc) is 3.32. The van der Waals surface area contributed by atoms with Crippen LogP contribution in [0.5, 0.6) is 0 Å². The number of para-hydroxylation sites is 1. The molecule has 1 unspecified atom stereocenters. The summed E-state index contributed by atoms with van der Waals surface area (Å²) in [5.74, 6) is 0.729. The van der Waals surface area contributed by atoms with Crippen LogP contribution in [-0.4, -0.2) is 45.4 Å². The first-order chi connectivity index (χ1) is 12.1. The molecule has 0 bridgehead atoms. The number of likely N-dealkylation sites (tertiary alicyclic amines) is 1. The van der Waals surface area contributed by atoms with Gasteiger partial charge >= 0.3 is 0 Å². The van der Waals surface area contributed by atoms with Crippen LogP contribution in [0.25, 0.3) is 10.9 Å². The van der Waals surface area contributed by atoms with E-state index in [2.05, 4.69) is 15.4 Å². The molecule has 130 valence electrons. The Morgan fingerprint density at radius 3 is 3.04 bits per heavy atom. The van der Waals surface area contributed by atoms with Crippen molar-refractivity contribution in [2.75, 3.05) is 13.1 Å². The first-order valence-corrected chi connectivity index (χ1v) is 8.39. The van der Waals surface area contributed by atoms with Gasteiger partial charge in [0.2, 0.25) is 0 Å². The number of nitrogens with one attached hydrogen (secondary N) is 1. The van der Waals surface area contributed by atoms with Crippen molar-refractivity contribution < 1.29 is 14.1 Å². The molecule has 7 heteroatoms. The van der Waals surface area contributed by atoms with Crippen LogP contribution in [0.1, 0.15) is 33.9 Å². The molecule has 1 atom stereocenters. The van der Waals surface area contributed by atoms with Crippen LogP contribution in [0.15, 0.2) is 28.8 Å². The summed E-state index contributed by atoms with van der Waals surface area (Å²) < 4.78 is 11.1. The molecule has 1 aromatic carbocycles. The number of fused-ring (bicyclic) bond motifs is 1. The van der Waals surface area contributed by atoms with Gasteiger partial charge in [0.25, 0.3) is 5.91 Å². The zero-order chi connectivity index (χ0) is 17.4. The maximum atomic E-state index is 12.8. The molecular weight excluding hydrogens is 320 g/mol. The number of hydrogen-bond donors (Lipinski definition) is 1. The summed E-state index contributed by atoms with van der Waals surface area (Å²) in [5.41, 5.74) is 3.19. The molecule has 1 N–H and O–H groups in total. The van der Waals surface area contributed by atoms with E-state index in [9.17, 15) is 4.79 Å². The van der Waals surface area contributed by atoms with Gasteiger partial charge in [0.05, 0.1) is 23.9 Å². The van der Waals surface area contributed by atoms with Gasteiger partial charge in [-0.3, -0.25) is 9.89 Å². The molecule has 1 amide bonds. The second kappa shape index (κ2) is 6.33. The Kier molecular flexibility index (Phi) is 4.01. The average molecular weight is 340 g/mol. The summed E-state index contributed by atoms with van der Waals surface area (Å²) in [6.07, 6.45) is 0.833. The molecule has 0 aliphatic carbocycles. The van der Waals surface area contributed by atoms with Crippen molar-refractivity contribution in [2.24, 2.45) is 0 Å². The Morgan fingerprint density at radius 1 is 1.40 bits per heavy atom. The Labute approximate surface area is 144 Å². The monoisotopic (exact) mass is 340 g/mol.